The van der Waals surface area contributed by atoms with E-state index in [1.807, 2.05) is 47.8 Å². The van der Waals surface area contributed by atoms with Crippen LogP contribution in [0.1, 0.15) is 10.4 Å². The van der Waals surface area contributed by atoms with Crippen LogP contribution in [0.2, 0.25) is 0 Å². The normalized spacial score (nSPS) is 10.3. The molecule has 0 spiro atoms. The monoisotopic (exact) mass is 405 g/mol. The third kappa shape index (κ3) is 4.57. The molecule has 0 saturated carbocycles. The fourth-order valence-corrected chi connectivity index (χ4v) is 3.22. The van der Waals surface area contributed by atoms with E-state index in [9.17, 15) is 4.79 Å². The molecular weight excluding hydrogens is 394 g/mol. The SMILES string of the molecule is O=C(Nc1nccs1)c1cccc(NSc2ccc(Br)cc2)c1. The van der Waals surface area contributed by atoms with Crippen LogP contribution < -0.4 is 10.0 Å². The van der Waals surface area contributed by atoms with Crippen molar-refractivity contribution in [1.29, 1.82) is 0 Å². The average molecular weight is 406 g/mol. The second-order valence-corrected chi connectivity index (χ2v) is 7.22. The lowest BCUT2D eigenvalue weighted by molar-refractivity contribution is 0.102. The molecule has 7 heteroatoms. The standard InChI is InChI=1S/C16H12BrN3OS2/c17-12-4-6-14(7-5-12)23-20-13-3-1-2-11(10-13)15(21)19-16-18-8-9-22-16/h1-10,20H,(H,18,19,21). The third-order valence-corrected chi connectivity index (χ3v) is 4.94. The smallest absolute Gasteiger partial charge is 0.257 e. The first-order valence-corrected chi connectivity index (χ1v) is 9.19. The number of hydrogen-bond acceptors (Lipinski definition) is 5. The van der Waals surface area contributed by atoms with Gasteiger partial charge in [-0.15, -0.1) is 11.3 Å². The van der Waals surface area contributed by atoms with Gasteiger partial charge in [-0.25, -0.2) is 4.98 Å². The average Bonchev–Trinajstić information content (AvgIpc) is 3.07. The first kappa shape index (κ1) is 16.0. The second-order valence-electron chi connectivity index (χ2n) is 4.53. The topological polar surface area (TPSA) is 54.0 Å². The Balaban J connectivity index is 1.64. The molecule has 0 aliphatic rings. The number of thiazole rings is 1. The molecule has 0 radical (unpaired) electrons. The lowest BCUT2D eigenvalue weighted by Crippen LogP contribution is -2.11. The van der Waals surface area contributed by atoms with Crippen molar-refractivity contribution >= 4 is 55.9 Å². The molecule has 2 aromatic carbocycles. The van der Waals surface area contributed by atoms with Gasteiger partial charge >= 0.3 is 0 Å². The number of anilines is 2. The number of halogens is 1. The van der Waals surface area contributed by atoms with Gasteiger partial charge in [0.2, 0.25) is 0 Å². The number of nitrogens with one attached hydrogen (secondary N) is 2. The summed E-state index contributed by atoms with van der Waals surface area (Å²) in [6.07, 6.45) is 1.66. The number of aromatic nitrogens is 1. The first-order valence-electron chi connectivity index (χ1n) is 6.70. The van der Waals surface area contributed by atoms with Gasteiger partial charge in [0.25, 0.3) is 5.91 Å². The van der Waals surface area contributed by atoms with E-state index in [0.717, 1.165) is 15.1 Å². The fourth-order valence-electron chi connectivity index (χ4n) is 1.80. The predicted molar refractivity (Wildman–Crippen MR) is 100 cm³/mol. The van der Waals surface area contributed by atoms with Crippen molar-refractivity contribution < 1.29 is 4.79 Å². The molecule has 2 N–H and O–H groups in total. The number of rotatable bonds is 5. The van der Waals surface area contributed by atoms with Gasteiger partial charge in [0.05, 0.1) is 0 Å². The van der Waals surface area contributed by atoms with E-state index < -0.39 is 0 Å². The summed E-state index contributed by atoms with van der Waals surface area (Å²) >= 11 is 6.30. The molecule has 0 atom stereocenters. The van der Waals surface area contributed by atoms with Crippen LogP contribution in [0.15, 0.2) is 69.5 Å². The van der Waals surface area contributed by atoms with Crippen molar-refractivity contribution in [2.45, 2.75) is 4.90 Å². The fraction of sp³-hybridized carbons (Fsp3) is 0. The molecule has 0 bridgehead atoms. The van der Waals surface area contributed by atoms with Crippen molar-refractivity contribution in [3.05, 3.63) is 70.1 Å². The minimum atomic E-state index is -0.169. The van der Waals surface area contributed by atoms with Crippen molar-refractivity contribution in [3.8, 4) is 0 Å². The Bertz CT molecular complexity index is 791. The van der Waals surface area contributed by atoms with Crippen LogP contribution in [0.4, 0.5) is 10.8 Å². The van der Waals surface area contributed by atoms with Gasteiger partial charge in [0.15, 0.2) is 5.13 Å². The molecule has 0 unspecified atom stereocenters. The maximum atomic E-state index is 12.2. The number of carbonyl (C=O) groups excluding carboxylic acids is 1. The van der Waals surface area contributed by atoms with Crippen LogP contribution >= 0.6 is 39.2 Å². The summed E-state index contributed by atoms with van der Waals surface area (Å²) in [5.74, 6) is -0.169. The van der Waals surface area contributed by atoms with Gasteiger partial charge in [-0.3, -0.25) is 10.1 Å². The quantitative estimate of drug-likeness (QED) is 0.567. The molecule has 0 saturated heterocycles. The molecule has 4 nitrogen and oxygen atoms in total. The molecule has 1 heterocycles. The van der Waals surface area contributed by atoms with Crippen LogP contribution in [0.3, 0.4) is 0 Å². The zero-order valence-electron chi connectivity index (χ0n) is 11.8. The Labute approximate surface area is 150 Å². The Morgan fingerprint density at radius 1 is 1.17 bits per heavy atom. The molecular formula is C16H12BrN3OS2. The molecule has 23 heavy (non-hydrogen) atoms. The highest BCUT2D eigenvalue weighted by atomic mass is 79.9. The van der Waals surface area contributed by atoms with Gasteiger partial charge in [-0.2, -0.15) is 0 Å². The van der Waals surface area contributed by atoms with Crippen LogP contribution in [0, 0.1) is 0 Å². The van der Waals surface area contributed by atoms with Crippen LogP contribution in [0.25, 0.3) is 0 Å². The van der Waals surface area contributed by atoms with Crippen LogP contribution in [0.5, 0.6) is 0 Å². The Kier molecular flexibility index (Phi) is 5.32. The van der Waals surface area contributed by atoms with Gasteiger partial charge in [-0.05, 0) is 54.4 Å². The zero-order valence-corrected chi connectivity index (χ0v) is 15.0. The molecule has 3 rings (SSSR count). The molecule has 0 fully saturated rings. The molecule has 1 aromatic heterocycles. The molecule has 116 valence electrons. The number of benzene rings is 2. The summed E-state index contributed by atoms with van der Waals surface area (Å²) in [7, 11) is 0. The predicted octanol–water partition coefficient (Wildman–Crippen LogP) is 5.28. The van der Waals surface area contributed by atoms with E-state index in [1.54, 1.807) is 12.3 Å². The highest BCUT2D eigenvalue weighted by molar-refractivity contribution is 9.10. The molecule has 0 aliphatic carbocycles. The second kappa shape index (κ2) is 7.63. The van der Waals surface area contributed by atoms with E-state index in [4.69, 9.17) is 0 Å². The Hall–Kier alpha value is -1.83. The van der Waals surface area contributed by atoms with Crippen LogP contribution in [-0.4, -0.2) is 10.9 Å². The minimum absolute atomic E-state index is 0.169. The molecule has 1 amide bonds. The highest BCUT2D eigenvalue weighted by Crippen LogP contribution is 2.23. The summed E-state index contributed by atoms with van der Waals surface area (Å²) in [6, 6.07) is 15.4. The van der Waals surface area contributed by atoms with Gasteiger partial charge < -0.3 is 4.72 Å². The molecule has 3 aromatic rings. The Morgan fingerprint density at radius 2 is 2.00 bits per heavy atom. The summed E-state index contributed by atoms with van der Waals surface area (Å²) in [4.78, 5) is 17.3. The Morgan fingerprint density at radius 3 is 2.74 bits per heavy atom. The van der Waals surface area contributed by atoms with Gasteiger partial charge in [0.1, 0.15) is 0 Å². The highest BCUT2D eigenvalue weighted by Gasteiger charge is 2.08. The van der Waals surface area contributed by atoms with Crippen molar-refractivity contribution in [2.75, 3.05) is 10.0 Å². The number of nitrogens with zero attached hydrogens (tertiary/aromatic N) is 1. The van der Waals surface area contributed by atoms with E-state index in [-0.39, 0.29) is 5.91 Å². The maximum Gasteiger partial charge on any atom is 0.257 e. The lowest BCUT2D eigenvalue weighted by Gasteiger charge is -2.07. The van der Waals surface area contributed by atoms with Gasteiger partial charge in [-0.1, -0.05) is 22.0 Å². The van der Waals surface area contributed by atoms with E-state index in [1.165, 1.54) is 23.3 Å². The minimum Gasteiger partial charge on any atom is -0.326 e. The van der Waals surface area contributed by atoms with E-state index >= 15 is 0 Å². The summed E-state index contributed by atoms with van der Waals surface area (Å²) < 4.78 is 4.29. The lowest BCUT2D eigenvalue weighted by atomic mass is 10.2. The van der Waals surface area contributed by atoms with Crippen LogP contribution in [-0.2, 0) is 0 Å². The molecule has 0 aliphatic heterocycles. The summed E-state index contributed by atoms with van der Waals surface area (Å²) in [6.45, 7) is 0. The summed E-state index contributed by atoms with van der Waals surface area (Å²) in [5, 5.41) is 5.19. The zero-order chi connectivity index (χ0) is 16.1. The maximum absolute atomic E-state index is 12.2. The number of hydrogen-bond donors (Lipinski definition) is 2. The first-order chi connectivity index (χ1) is 11.2. The largest absolute Gasteiger partial charge is 0.326 e. The van der Waals surface area contributed by atoms with E-state index in [2.05, 4.69) is 31.0 Å². The number of amides is 1. The van der Waals surface area contributed by atoms with Crippen molar-refractivity contribution in [2.24, 2.45) is 0 Å². The van der Waals surface area contributed by atoms with Crippen molar-refractivity contribution in [3.63, 3.8) is 0 Å². The summed E-state index contributed by atoms with van der Waals surface area (Å²) in [5.41, 5.74) is 1.45. The van der Waals surface area contributed by atoms with Gasteiger partial charge in [0, 0.05) is 32.2 Å². The third-order valence-electron chi connectivity index (χ3n) is 2.88. The van der Waals surface area contributed by atoms with Crippen molar-refractivity contribution in [1.82, 2.24) is 4.98 Å². The van der Waals surface area contributed by atoms with E-state index in [0.29, 0.717) is 10.7 Å². The number of carbonyl (C=O) groups is 1.